The van der Waals surface area contributed by atoms with E-state index in [1.165, 1.54) is 22.4 Å². The fourth-order valence-electron chi connectivity index (χ4n) is 2.06. The van der Waals surface area contributed by atoms with E-state index in [4.69, 9.17) is 5.11 Å². The van der Waals surface area contributed by atoms with E-state index < -0.39 is 0 Å². The van der Waals surface area contributed by atoms with Crippen molar-refractivity contribution >= 4 is 5.69 Å². The van der Waals surface area contributed by atoms with E-state index in [2.05, 4.69) is 52.1 Å². The molecule has 0 fully saturated rings. The molecule has 0 atom stereocenters. The van der Waals surface area contributed by atoms with Crippen molar-refractivity contribution < 1.29 is 5.11 Å². The Balaban J connectivity index is 2.97. The minimum absolute atomic E-state index is 0.0699. The summed E-state index contributed by atoms with van der Waals surface area (Å²) < 4.78 is 0. The van der Waals surface area contributed by atoms with Crippen LogP contribution in [0.15, 0.2) is 12.1 Å². The molecule has 2 nitrogen and oxygen atoms in total. The highest BCUT2D eigenvalue weighted by molar-refractivity contribution is 5.59. The first kappa shape index (κ1) is 13.0. The van der Waals surface area contributed by atoms with Crippen molar-refractivity contribution in [3.05, 3.63) is 28.8 Å². The van der Waals surface area contributed by atoms with E-state index in [-0.39, 0.29) is 12.1 Å². The Morgan fingerprint density at radius 2 is 1.62 bits per heavy atom. The first-order valence-corrected chi connectivity index (χ1v) is 5.82. The van der Waals surface area contributed by atoms with Gasteiger partial charge in [-0.25, -0.2) is 0 Å². The Kier molecular flexibility index (Phi) is 3.98. The predicted molar refractivity (Wildman–Crippen MR) is 70.1 cm³/mol. The molecule has 0 radical (unpaired) electrons. The van der Waals surface area contributed by atoms with Crippen LogP contribution in [0.2, 0.25) is 0 Å². The van der Waals surface area contributed by atoms with Crippen molar-refractivity contribution in [1.82, 2.24) is 0 Å². The highest BCUT2D eigenvalue weighted by Crippen LogP contribution is 2.26. The van der Waals surface area contributed by atoms with Gasteiger partial charge >= 0.3 is 0 Å². The van der Waals surface area contributed by atoms with Crippen LogP contribution >= 0.6 is 0 Å². The summed E-state index contributed by atoms with van der Waals surface area (Å²) in [5.41, 5.74) is 4.95. The molecule has 0 unspecified atom stereocenters. The number of aliphatic hydroxyl groups excluding tert-OH is 1. The van der Waals surface area contributed by atoms with E-state index in [1.54, 1.807) is 0 Å². The quantitative estimate of drug-likeness (QED) is 0.818. The van der Waals surface area contributed by atoms with Gasteiger partial charge in [-0.05, 0) is 52.2 Å². The van der Waals surface area contributed by atoms with Gasteiger partial charge in [0, 0.05) is 17.8 Å². The van der Waals surface area contributed by atoms with E-state index in [0.717, 1.165) is 6.42 Å². The molecule has 0 saturated heterocycles. The van der Waals surface area contributed by atoms with E-state index >= 15 is 0 Å². The number of aryl methyl sites for hydroxylation is 3. The van der Waals surface area contributed by atoms with Crippen LogP contribution in [-0.4, -0.2) is 17.3 Å². The Hall–Kier alpha value is -1.02. The maximum Gasteiger partial charge on any atom is 0.0453 e. The number of rotatable bonds is 4. The molecule has 0 aliphatic carbocycles. The molecule has 1 aromatic rings. The minimum atomic E-state index is -0.0699. The third-order valence-corrected chi connectivity index (χ3v) is 2.88. The van der Waals surface area contributed by atoms with Crippen LogP contribution in [0.3, 0.4) is 0 Å². The van der Waals surface area contributed by atoms with Gasteiger partial charge in [-0.15, -0.1) is 0 Å². The summed E-state index contributed by atoms with van der Waals surface area (Å²) in [6.45, 7) is 10.8. The van der Waals surface area contributed by atoms with E-state index in [9.17, 15) is 0 Å². The van der Waals surface area contributed by atoms with Crippen LogP contribution in [-0.2, 0) is 0 Å². The number of benzene rings is 1. The Labute approximate surface area is 98.7 Å². The summed E-state index contributed by atoms with van der Waals surface area (Å²) in [6.07, 6.45) is 0.750. The molecular formula is C14H23NO. The van der Waals surface area contributed by atoms with Crippen LogP contribution in [0, 0.1) is 20.8 Å². The topological polar surface area (TPSA) is 32.3 Å². The zero-order chi connectivity index (χ0) is 12.3. The molecule has 0 aliphatic rings. The van der Waals surface area contributed by atoms with Crippen molar-refractivity contribution in [2.45, 2.75) is 46.6 Å². The Morgan fingerprint density at radius 1 is 1.12 bits per heavy atom. The largest absolute Gasteiger partial charge is 0.396 e. The SMILES string of the molecule is Cc1cc(C)c(NC(C)(C)CCO)c(C)c1. The van der Waals surface area contributed by atoms with Gasteiger partial charge in [0.2, 0.25) is 0 Å². The van der Waals surface area contributed by atoms with Crippen LogP contribution in [0.1, 0.15) is 37.0 Å². The second-order valence-corrected chi connectivity index (χ2v) is 5.26. The first-order valence-electron chi connectivity index (χ1n) is 5.82. The average Bonchev–Trinajstić information content (AvgIpc) is 2.11. The van der Waals surface area contributed by atoms with Crippen LogP contribution in [0.25, 0.3) is 0 Å². The molecule has 0 bridgehead atoms. The van der Waals surface area contributed by atoms with Gasteiger partial charge in [0.15, 0.2) is 0 Å². The highest BCUT2D eigenvalue weighted by atomic mass is 16.3. The molecule has 0 heterocycles. The van der Waals surface area contributed by atoms with Crippen LogP contribution < -0.4 is 5.32 Å². The smallest absolute Gasteiger partial charge is 0.0453 e. The standard InChI is InChI=1S/C14H23NO/c1-10-8-11(2)13(12(3)9-10)15-14(4,5)6-7-16/h8-9,15-16H,6-7H2,1-5H3. The Morgan fingerprint density at radius 3 is 2.06 bits per heavy atom. The van der Waals surface area contributed by atoms with Gasteiger partial charge in [-0.3, -0.25) is 0 Å². The third-order valence-electron chi connectivity index (χ3n) is 2.88. The average molecular weight is 221 g/mol. The number of nitrogens with one attached hydrogen (secondary N) is 1. The molecule has 90 valence electrons. The van der Waals surface area contributed by atoms with Crippen molar-refractivity contribution in [3.8, 4) is 0 Å². The number of anilines is 1. The predicted octanol–water partition coefficient (Wildman–Crippen LogP) is 3.18. The zero-order valence-electron chi connectivity index (χ0n) is 11.0. The summed E-state index contributed by atoms with van der Waals surface area (Å²) in [5.74, 6) is 0. The summed E-state index contributed by atoms with van der Waals surface area (Å²) >= 11 is 0. The molecular weight excluding hydrogens is 198 g/mol. The zero-order valence-corrected chi connectivity index (χ0v) is 11.0. The second kappa shape index (κ2) is 4.88. The highest BCUT2D eigenvalue weighted by Gasteiger charge is 2.18. The van der Waals surface area contributed by atoms with Gasteiger partial charge in [0.25, 0.3) is 0 Å². The molecule has 0 saturated carbocycles. The van der Waals surface area contributed by atoms with E-state index in [1.807, 2.05) is 0 Å². The van der Waals surface area contributed by atoms with Gasteiger partial charge in [0.1, 0.15) is 0 Å². The van der Waals surface area contributed by atoms with Gasteiger partial charge < -0.3 is 10.4 Å². The van der Waals surface area contributed by atoms with Gasteiger partial charge in [-0.1, -0.05) is 17.7 Å². The second-order valence-electron chi connectivity index (χ2n) is 5.26. The molecule has 16 heavy (non-hydrogen) atoms. The summed E-state index contributed by atoms with van der Waals surface area (Å²) in [4.78, 5) is 0. The number of aliphatic hydroxyl groups is 1. The maximum atomic E-state index is 9.02. The summed E-state index contributed by atoms with van der Waals surface area (Å²) in [6, 6.07) is 4.37. The summed E-state index contributed by atoms with van der Waals surface area (Å²) in [7, 11) is 0. The molecule has 2 N–H and O–H groups in total. The van der Waals surface area contributed by atoms with Crippen LogP contribution in [0.4, 0.5) is 5.69 Å². The molecule has 1 rings (SSSR count). The molecule has 0 aromatic heterocycles. The van der Waals surface area contributed by atoms with Crippen molar-refractivity contribution in [2.75, 3.05) is 11.9 Å². The molecule has 2 heteroatoms. The van der Waals surface area contributed by atoms with Crippen LogP contribution in [0.5, 0.6) is 0 Å². The van der Waals surface area contributed by atoms with Crippen molar-refractivity contribution in [1.29, 1.82) is 0 Å². The van der Waals surface area contributed by atoms with Gasteiger partial charge in [-0.2, -0.15) is 0 Å². The monoisotopic (exact) mass is 221 g/mol. The normalized spacial score (nSPS) is 11.6. The number of hydrogen-bond acceptors (Lipinski definition) is 2. The fraction of sp³-hybridized carbons (Fsp3) is 0.571. The molecule has 0 spiro atoms. The fourth-order valence-corrected chi connectivity index (χ4v) is 2.06. The summed E-state index contributed by atoms with van der Waals surface area (Å²) in [5, 5.41) is 12.5. The maximum absolute atomic E-state index is 9.02. The van der Waals surface area contributed by atoms with Crippen molar-refractivity contribution in [2.24, 2.45) is 0 Å². The van der Waals surface area contributed by atoms with E-state index in [0.29, 0.717) is 0 Å². The van der Waals surface area contributed by atoms with Crippen molar-refractivity contribution in [3.63, 3.8) is 0 Å². The molecule has 0 amide bonds. The molecule has 0 aliphatic heterocycles. The third kappa shape index (κ3) is 3.24. The Bertz CT molecular complexity index is 346. The minimum Gasteiger partial charge on any atom is -0.396 e. The lowest BCUT2D eigenvalue weighted by atomic mass is 9.97. The first-order chi connectivity index (χ1) is 7.35. The number of hydrogen-bond donors (Lipinski definition) is 2. The molecule has 1 aromatic carbocycles. The lowest BCUT2D eigenvalue weighted by Crippen LogP contribution is -2.32. The van der Waals surface area contributed by atoms with Gasteiger partial charge in [0.05, 0.1) is 0 Å². The lowest BCUT2D eigenvalue weighted by molar-refractivity contribution is 0.261. The lowest BCUT2D eigenvalue weighted by Gasteiger charge is -2.29.